The van der Waals surface area contributed by atoms with E-state index in [1.807, 2.05) is 12.1 Å². The topological polar surface area (TPSA) is 20.2 Å². The van der Waals surface area contributed by atoms with Crippen LogP contribution in [0.5, 0.6) is 5.75 Å². The van der Waals surface area contributed by atoms with Crippen LogP contribution in [0.25, 0.3) is 0 Å². The Balaban J connectivity index is 0.00000169. The number of unbranched alkanes of at least 4 members (excludes halogenated alkanes) is 3. The maximum Gasteiger partial charge on any atom is 0.115 e. The van der Waals surface area contributed by atoms with Crippen LogP contribution in [0.2, 0.25) is 0 Å². The van der Waals surface area contributed by atoms with Crippen LogP contribution in [-0.2, 0) is 27.5 Å². The largest absolute Gasteiger partial charge is 0.508 e. The summed E-state index contributed by atoms with van der Waals surface area (Å²) in [6.07, 6.45) is 6.34. The van der Waals surface area contributed by atoms with Crippen LogP contribution in [0, 0.1) is 0 Å². The fourth-order valence-corrected chi connectivity index (χ4v) is 1.42. The van der Waals surface area contributed by atoms with Crippen molar-refractivity contribution in [3.05, 3.63) is 29.8 Å². The third kappa shape index (κ3) is 5.44. The Kier molecular flexibility index (Phi) is 7.89. The van der Waals surface area contributed by atoms with Crippen LogP contribution in [0.15, 0.2) is 24.3 Å². The molecule has 14 heavy (non-hydrogen) atoms. The summed E-state index contributed by atoms with van der Waals surface area (Å²) in [5.74, 6) is 0.359. The first kappa shape index (κ1) is 13.7. The predicted molar refractivity (Wildman–Crippen MR) is 56.0 cm³/mol. The van der Waals surface area contributed by atoms with Crippen LogP contribution in [0.1, 0.15) is 38.2 Å². The van der Waals surface area contributed by atoms with Crippen LogP contribution in [0.3, 0.4) is 0 Å². The van der Waals surface area contributed by atoms with Crippen molar-refractivity contribution < 1.29 is 26.2 Å². The first-order valence-electron chi connectivity index (χ1n) is 5.11. The molecule has 1 rings (SSSR count). The zero-order chi connectivity index (χ0) is 9.52. The first-order chi connectivity index (χ1) is 6.33. The van der Waals surface area contributed by atoms with Gasteiger partial charge in [0.15, 0.2) is 0 Å². The van der Waals surface area contributed by atoms with Gasteiger partial charge in [-0.1, -0.05) is 38.3 Å². The van der Waals surface area contributed by atoms with Gasteiger partial charge in [-0.15, -0.1) is 0 Å². The minimum absolute atomic E-state index is 0. The molecule has 1 N–H and O–H groups in total. The summed E-state index contributed by atoms with van der Waals surface area (Å²) in [6.45, 7) is 2.22. The Bertz CT molecular complexity index is 231. The summed E-state index contributed by atoms with van der Waals surface area (Å²) < 4.78 is 0. The Hall–Kier alpha value is -0.292. The average molecular weight is 362 g/mol. The van der Waals surface area contributed by atoms with E-state index in [4.69, 9.17) is 5.11 Å². The van der Waals surface area contributed by atoms with Gasteiger partial charge in [-0.3, -0.25) is 0 Å². The monoisotopic (exact) mass is 362 g/mol. The molecule has 2 heteroatoms. The van der Waals surface area contributed by atoms with Crippen LogP contribution >= 0.6 is 0 Å². The quantitative estimate of drug-likeness (QED) is 0.795. The van der Waals surface area contributed by atoms with Crippen molar-refractivity contribution >= 4 is 0 Å². The zero-order valence-corrected chi connectivity index (χ0v) is 11.6. The van der Waals surface area contributed by atoms with E-state index in [1.165, 1.54) is 31.2 Å². The summed E-state index contributed by atoms with van der Waals surface area (Å²) in [4.78, 5) is 0. The second-order valence-corrected chi connectivity index (χ2v) is 3.48. The number of phenols is 1. The molecular weight excluding hydrogens is 344 g/mol. The summed E-state index contributed by atoms with van der Waals surface area (Å²) in [5.41, 5.74) is 1.33. The zero-order valence-electron chi connectivity index (χ0n) is 8.70. The Morgan fingerprint density at radius 2 is 1.64 bits per heavy atom. The van der Waals surface area contributed by atoms with Gasteiger partial charge in [-0.2, -0.15) is 0 Å². The maximum atomic E-state index is 9.07. The van der Waals surface area contributed by atoms with Crippen molar-refractivity contribution in [1.29, 1.82) is 0 Å². The molecule has 0 aliphatic carbocycles. The van der Waals surface area contributed by atoms with E-state index in [2.05, 4.69) is 6.92 Å². The molecule has 0 fully saturated rings. The third-order valence-corrected chi connectivity index (χ3v) is 2.26. The van der Waals surface area contributed by atoms with E-state index < -0.39 is 0 Å². The maximum absolute atomic E-state index is 9.07. The molecule has 0 aromatic heterocycles. The van der Waals surface area contributed by atoms with Crippen LogP contribution in [-0.4, -0.2) is 5.11 Å². The second kappa shape index (κ2) is 8.05. The molecule has 0 aliphatic rings. The van der Waals surface area contributed by atoms with Gasteiger partial charge in [-0.05, 0) is 30.5 Å². The second-order valence-electron chi connectivity index (χ2n) is 3.48. The molecule has 1 nitrogen and oxygen atoms in total. The van der Waals surface area contributed by atoms with Crippen LogP contribution in [0.4, 0.5) is 0 Å². The normalized spacial score (nSPS) is 9.50. The van der Waals surface area contributed by atoms with Crippen molar-refractivity contribution in [2.24, 2.45) is 0 Å². The minimum Gasteiger partial charge on any atom is -0.508 e. The smallest absolute Gasteiger partial charge is 0.115 e. The van der Waals surface area contributed by atoms with Gasteiger partial charge in [0.05, 0.1) is 0 Å². The summed E-state index contributed by atoms with van der Waals surface area (Å²) in [7, 11) is 0. The number of hydrogen-bond donors (Lipinski definition) is 1. The molecule has 0 radical (unpaired) electrons. The number of aryl methyl sites for hydroxylation is 1. The number of aromatic hydroxyl groups is 1. The third-order valence-electron chi connectivity index (χ3n) is 2.26. The van der Waals surface area contributed by atoms with Gasteiger partial charge in [0.25, 0.3) is 0 Å². The molecule has 1 aromatic rings. The predicted octanol–water partition coefficient (Wildman–Crippen LogP) is 3.51. The molecule has 0 heterocycles. The fourth-order valence-electron chi connectivity index (χ4n) is 1.42. The molecule has 0 saturated heterocycles. The SMILES string of the molecule is CCCCCCc1ccc(O)cc1.[W]. The molecule has 0 amide bonds. The molecule has 0 bridgehead atoms. The van der Waals surface area contributed by atoms with Crippen molar-refractivity contribution in [2.45, 2.75) is 39.0 Å². The van der Waals surface area contributed by atoms with Gasteiger partial charge in [0.1, 0.15) is 5.75 Å². The van der Waals surface area contributed by atoms with E-state index in [9.17, 15) is 0 Å². The molecule has 0 unspecified atom stereocenters. The van der Waals surface area contributed by atoms with Crippen molar-refractivity contribution in [3.8, 4) is 5.75 Å². The summed E-state index contributed by atoms with van der Waals surface area (Å²) >= 11 is 0. The van der Waals surface area contributed by atoms with Gasteiger partial charge in [-0.25, -0.2) is 0 Å². The minimum atomic E-state index is 0. The molecule has 0 aliphatic heterocycles. The van der Waals surface area contributed by atoms with Crippen molar-refractivity contribution in [1.82, 2.24) is 0 Å². The van der Waals surface area contributed by atoms with Gasteiger partial charge in [0, 0.05) is 21.1 Å². The first-order valence-corrected chi connectivity index (χ1v) is 5.11. The fraction of sp³-hybridized carbons (Fsp3) is 0.500. The molecule has 0 saturated carbocycles. The standard InChI is InChI=1S/C12H18O.W/c1-2-3-4-5-6-11-7-9-12(13)10-8-11;/h7-10,13H,2-6H2,1H3;. The van der Waals surface area contributed by atoms with E-state index in [-0.39, 0.29) is 21.1 Å². The van der Waals surface area contributed by atoms with Crippen molar-refractivity contribution in [3.63, 3.8) is 0 Å². The summed E-state index contributed by atoms with van der Waals surface area (Å²) in [6, 6.07) is 7.52. The Labute approximate surface area is 101 Å². The van der Waals surface area contributed by atoms with Gasteiger partial charge < -0.3 is 5.11 Å². The molecule has 0 atom stereocenters. The van der Waals surface area contributed by atoms with E-state index in [0.29, 0.717) is 5.75 Å². The summed E-state index contributed by atoms with van der Waals surface area (Å²) in [5, 5.41) is 9.07. The molecule has 0 spiro atoms. The van der Waals surface area contributed by atoms with E-state index in [1.54, 1.807) is 12.1 Å². The number of hydrogen-bond acceptors (Lipinski definition) is 1. The number of phenolic OH excluding ortho intramolecular Hbond substituents is 1. The van der Waals surface area contributed by atoms with E-state index >= 15 is 0 Å². The molecule has 78 valence electrons. The average Bonchev–Trinajstić information content (AvgIpc) is 2.15. The molecular formula is C12H18OW. The Morgan fingerprint density at radius 3 is 2.21 bits per heavy atom. The van der Waals surface area contributed by atoms with E-state index in [0.717, 1.165) is 6.42 Å². The van der Waals surface area contributed by atoms with Gasteiger partial charge in [0.2, 0.25) is 0 Å². The molecule has 1 aromatic carbocycles. The number of rotatable bonds is 5. The van der Waals surface area contributed by atoms with Crippen molar-refractivity contribution in [2.75, 3.05) is 0 Å². The van der Waals surface area contributed by atoms with Crippen LogP contribution < -0.4 is 0 Å². The number of benzene rings is 1. The Morgan fingerprint density at radius 1 is 1.00 bits per heavy atom. The van der Waals surface area contributed by atoms with Gasteiger partial charge >= 0.3 is 0 Å².